The summed E-state index contributed by atoms with van der Waals surface area (Å²) in [6.45, 7) is 3.08. The van der Waals surface area contributed by atoms with Gasteiger partial charge in [0.1, 0.15) is 18.1 Å². The second-order valence-electron chi connectivity index (χ2n) is 3.36. The molecule has 0 aliphatic rings. The lowest BCUT2D eigenvalue weighted by molar-refractivity contribution is 0.302. The van der Waals surface area contributed by atoms with Crippen LogP contribution in [0.1, 0.15) is 11.8 Å². The lowest BCUT2D eigenvalue weighted by atomic mass is 10.3. The Morgan fingerprint density at radius 1 is 1.29 bits per heavy atom. The number of anilines is 1. The van der Waals surface area contributed by atoms with Crippen molar-refractivity contribution < 1.29 is 9.47 Å². The van der Waals surface area contributed by atoms with Gasteiger partial charge in [-0.2, -0.15) is 0 Å². The van der Waals surface area contributed by atoms with Crippen LogP contribution in [-0.4, -0.2) is 11.6 Å². The third-order valence-electron chi connectivity index (χ3n) is 2.07. The van der Waals surface area contributed by atoms with Crippen LogP contribution in [0.3, 0.4) is 0 Å². The van der Waals surface area contributed by atoms with Crippen molar-refractivity contribution in [3.8, 4) is 11.5 Å². The molecule has 2 rings (SSSR count). The molecule has 0 fully saturated rings. The zero-order valence-corrected chi connectivity index (χ0v) is 10.4. The van der Waals surface area contributed by atoms with Gasteiger partial charge in [-0.1, -0.05) is 17.4 Å². The molecule has 0 saturated carbocycles. The summed E-state index contributed by atoms with van der Waals surface area (Å²) in [6, 6.07) is 7.57. The molecule has 0 bridgehead atoms. The van der Waals surface area contributed by atoms with Crippen molar-refractivity contribution in [3.63, 3.8) is 0 Å². The Bertz CT molecular complexity index is 485. The highest BCUT2D eigenvalue weighted by atomic mass is 32.1. The largest absolute Gasteiger partial charge is 0.494 e. The van der Waals surface area contributed by atoms with Crippen LogP contribution in [0.15, 0.2) is 30.5 Å². The van der Waals surface area contributed by atoms with Crippen molar-refractivity contribution in [2.75, 3.05) is 12.3 Å². The Balaban J connectivity index is 1.96. The van der Waals surface area contributed by atoms with Gasteiger partial charge in [-0.05, 0) is 19.1 Å². The number of nitrogens with zero attached hydrogens (tertiary/aromatic N) is 1. The number of benzene rings is 1. The first-order valence-electron chi connectivity index (χ1n) is 5.34. The Kier molecular flexibility index (Phi) is 3.82. The summed E-state index contributed by atoms with van der Waals surface area (Å²) in [5, 5.41) is 0.562. The average Bonchev–Trinajstić information content (AvgIpc) is 2.74. The molecular weight excluding hydrogens is 236 g/mol. The Hall–Kier alpha value is -1.75. The topological polar surface area (TPSA) is 57.4 Å². The summed E-state index contributed by atoms with van der Waals surface area (Å²) in [7, 11) is 0. The predicted octanol–water partition coefficient (Wildman–Crippen LogP) is 2.70. The molecule has 17 heavy (non-hydrogen) atoms. The van der Waals surface area contributed by atoms with Crippen LogP contribution >= 0.6 is 11.3 Å². The Morgan fingerprint density at radius 2 is 2.06 bits per heavy atom. The highest BCUT2D eigenvalue weighted by Crippen LogP contribution is 2.22. The molecule has 1 heterocycles. The van der Waals surface area contributed by atoms with Crippen molar-refractivity contribution in [1.82, 2.24) is 4.98 Å². The van der Waals surface area contributed by atoms with Crippen molar-refractivity contribution in [1.29, 1.82) is 0 Å². The van der Waals surface area contributed by atoms with Crippen LogP contribution in [-0.2, 0) is 6.61 Å². The summed E-state index contributed by atoms with van der Waals surface area (Å²) < 4.78 is 11.0. The van der Waals surface area contributed by atoms with E-state index in [0.717, 1.165) is 16.4 Å². The molecule has 0 radical (unpaired) electrons. The van der Waals surface area contributed by atoms with Crippen LogP contribution in [0.4, 0.5) is 5.13 Å². The van der Waals surface area contributed by atoms with Crippen molar-refractivity contribution in [3.05, 3.63) is 35.3 Å². The van der Waals surface area contributed by atoms with Gasteiger partial charge in [0.25, 0.3) is 0 Å². The molecule has 2 N–H and O–H groups in total. The monoisotopic (exact) mass is 250 g/mol. The van der Waals surface area contributed by atoms with Crippen LogP contribution in [0.25, 0.3) is 0 Å². The summed E-state index contributed by atoms with van der Waals surface area (Å²) >= 11 is 1.43. The lowest BCUT2D eigenvalue weighted by Crippen LogP contribution is -1.95. The number of hydrogen-bond donors (Lipinski definition) is 1. The fourth-order valence-electron chi connectivity index (χ4n) is 1.36. The molecule has 2 aromatic rings. The van der Waals surface area contributed by atoms with E-state index >= 15 is 0 Å². The minimum Gasteiger partial charge on any atom is -0.494 e. The molecular formula is C12H14N2O2S. The molecule has 0 amide bonds. The van der Waals surface area contributed by atoms with Crippen LogP contribution < -0.4 is 15.2 Å². The molecule has 1 aromatic heterocycles. The number of nitrogens with two attached hydrogens (primary N) is 1. The first-order valence-corrected chi connectivity index (χ1v) is 6.15. The lowest BCUT2D eigenvalue weighted by Gasteiger charge is -2.07. The van der Waals surface area contributed by atoms with E-state index in [1.54, 1.807) is 6.20 Å². The zero-order chi connectivity index (χ0) is 12.1. The second-order valence-corrected chi connectivity index (χ2v) is 4.51. The third-order valence-corrected chi connectivity index (χ3v) is 2.87. The number of aromatic nitrogens is 1. The normalized spacial score (nSPS) is 10.2. The van der Waals surface area contributed by atoms with Crippen molar-refractivity contribution >= 4 is 16.5 Å². The standard InChI is InChI=1S/C12H14N2O2S/c1-2-15-9-4-3-5-10(6-9)16-8-11-7-14-12(13)17-11/h3-7H,2,8H2,1H3,(H2,13,14). The maximum absolute atomic E-state index is 5.63. The van der Waals surface area contributed by atoms with Crippen molar-refractivity contribution in [2.24, 2.45) is 0 Å². The highest BCUT2D eigenvalue weighted by molar-refractivity contribution is 7.15. The van der Waals surface area contributed by atoms with Gasteiger partial charge in [-0.25, -0.2) is 4.98 Å². The number of nitrogen functional groups attached to an aromatic ring is 1. The van der Waals surface area contributed by atoms with E-state index < -0.39 is 0 Å². The van der Waals surface area contributed by atoms with Gasteiger partial charge >= 0.3 is 0 Å². The summed E-state index contributed by atoms with van der Waals surface area (Å²) in [5.74, 6) is 1.59. The van der Waals surface area contributed by atoms with Crippen LogP contribution in [0, 0.1) is 0 Å². The van der Waals surface area contributed by atoms with Gasteiger partial charge in [0.15, 0.2) is 5.13 Å². The molecule has 0 aliphatic carbocycles. The maximum Gasteiger partial charge on any atom is 0.180 e. The molecule has 0 atom stereocenters. The molecule has 0 aliphatic heterocycles. The molecule has 1 aromatic carbocycles. The fraction of sp³-hybridized carbons (Fsp3) is 0.250. The molecule has 90 valence electrons. The Morgan fingerprint density at radius 3 is 2.71 bits per heavy atom. The van der Waals surface area contributed by atoms with E-state index in [1.807, 2.05) is 31.2 Å². The van der Waals surface area contributed by atoms with E-state index in [0.29, 0.717) is 18.3 Å². The first-order chi connectivity index (χ1) is 8.28. The number of ether oxygens (including phenoxy) is 2. The second kappa shape index (κ2) is 5.54. The van der Waals surface area contributed by atoms with Crippen LogP contribution in [0.5, 0.6) is 11.5 Å². The smallest absolute Gasteiger partial charge is 0.180 e. The van der Waals surface area contributed by atoms with Crippen LogP contribution in [0.2, 0.25) is 0 Å². The van der Waals surface area contributed by atoms with Gasteiger partial charge in [-0.15, -0.1) is 0 Å². The summed E-state index contributed by atoms with van der Waals surface area (Å²) in [4.78, 5) is 4.97. The van der Waals surface area contributed by atoms with Gasteiger partial charge in [0, 0.05) is 12.3 Å². The number of rotatable bonds is 5. The zero-order valence-electron chi connectivity index (χ0n) is 9.55. The highest BCUT2D eigenvalue weighted by Gasteiger charge is 2.01. The molecule has 0 saturated heterocycles. The fourth-order valence-corrected chi connectivity index (χ4v) is 1.96. The number of hydrogen-bond acceptors (Lipinski definition) is 5. The number of thiazole rings is 1. The van der Waals surface area contributed by atoms with Gasteiger partial charge in [0.2, 0.25) is 0 Å². The van der Waals surface area contributed by atoms with Gasteiger partial charge < -0.3 is 15.2 Å². The van der Waals surface area contributed by atoms with E-state index in [4.69, 9.17) is 15.2 Å². The molecule has 4 nitrogen and oxygen atoms in total. The third kappa shape index (κ3) is 3.35. The van der Waals surface area contributed by atoms with Crippen molar-refractivity contribution in [2.45, 2.75) is 13.5 Å². The van der Waals surface area contributed by atoms with E-state index in [-0.39, 0.29) is 0 Å². The quantitative estimate of drug-likeness (QED) is 0.886. The van der Waals surface area contributed by atoms with E-state index in [9.17, 15) is 0 Å². The summed E-state index contributed by atoms with van der Waals surface area (Å²) in [6.07, 6.45) is 1.73. The van der Waals surface area contributed by atoms with Gasteiger partial charge in [-0.3, -0.25) is 0 Å². The minimum absolute atomic E-state index is 0.477. The molecule has 0 spiro atoms. The average molecular weight is 250 g/mol. The van der Waals surface area contributed by atoms with E-state index in [1.165, 1.54) is 11.3 Å². The molecule has 5 heteroatoms. The Labute approximate surface area is 104 Å². The maximum atomic E-state index is 5.63. The van der Waals surface area contributed by atoms with E-state index in [2.05, 4.69) is 4.98 Å². The molecule has 0 unspecified atom stereocenters. The van der Waals surface area contributed by atoms with Gasteiger partial charge in [0.05, 0.1) is 11.5 Å². The predicted molar refractivity (Wildman–Crippen MR) is 68.5 cm³/mol. The minimum atomic E-state index is 0.477. The first kappa shape index (κ1) is 11.7. The summed E-state index contributed by atoms with van der Waals surface area (Å²) in [5.41, 5.74) is 5.54. The SMILES string of the molecule is CCOc1cccc(OCc2cnc(N)s2)c1.